The smallest absolute Gasteiger partial charge is 0.407 e. The Bertz CT molecular complexity index is 697. The molecular formula is C18H24N2O4. The van der Waals surface area contributed by atoms with E-state index in [0.29, 0.717) is 5.56 Å². The van der Waals surface area contributed by atoms with Gasteiger partial charge in [0.05, 0.1) is 11.6 Å². The summed E-state index contributed by atoms with van der Waals surface area (Å²) >= 11 is 0. The highest BCUT2D eigenvalue weighted by Crippen LogP contribution is 2.21. The van der Waals surface area contributed by atoms with Gasteiger partial charge in [-0.25, -0.2) is 4.79 Å². The topological polar surface area (TPSA) is 91.7 Å². The first-order valence-electron chi connectivity index (χ1n) is 7.94. The summed E-state index contributed by atoms with van der Waals surface area (Å²) < 4.78 is 5.11. The van der Waals surface area contributed by atoms with Gasteiger partial charge in [0.15, 0.2) is 0 Å². The van der Waals surface area contributed by atoms with Gasteiger partial charge in [0.25, 0.3) is 0 Å². The highest BCUT2D eigenvalue weighted by molar-refractivity contribution is 5.78. The number of nitrogens with one attached hydrogen (secondary N) is 1. The van der Waals surface area contributed by atoms with E-state index in [4.69, 9.17) is 4.74 Å². The van der Waals surface area contributed by atoms with Crippen molar-refractivity contribution in [2.75, 3.05) is 6.54 Å². The predicted octanol–water partition coefficient (Wildman–Crippen LogP) is 2.54. The van der Waals surface area contributed by atoms with Crippen molar-refractivity contribution in [1.29, 1.82) is 0 Å². The largest absolute Gasteiger partial charge is 0.444 e. The number of fused-ring (bicyclic) bond motifs is 1. The molecule has 0 bridgehead atoms. The summed E-state index contributed by atoms with van der Waals surface area (Å²) in [6.07, 6.45) is -0.868. The molecule has 0 saturated carbocycles. The quantitative estimate of drug-likeness (QED) is 0.782. The van der Waals surface area contributed by atoms with Crippen LogP contribution in [-0.2, 0) is 4.74 Å². The summed E-state index contributed by atoms with van der Waals surface area (Å²) in [6, 6.07) is 9.36. The molecule has 1 aromatic heterocycles. The van der Waals surface area contributed by atoms with Crippen molar-refractivity contribution in [2.24, 2.45) is 0 Å². The molecule has 2 unspecified atom stereocenters. The zero-order valence-electron chi connectivity index (χ0n) is 14.2. The number of para-hydroxylation sites is 1. The molecule has 2 atom stereocenters. The molecule has 3 N–H and O–H groups in total. The summed E-state index contributed by atoms with van der Waals surface area (Å²) in [4.78, 5) is 15.8. The van der Waals surface area contributed by atoms with E-state index in [-0.39, 0.29) is 13.0 Å². The zero-order chi connectivity index (χ0) is 17.7. The molecular weight excluding hydrogens is 308 g/mol. The van der Waals surface area contributed by atoms with E-state index in [0.717, 1.165) is 10.9 Å². The summed E-state index contributed by atoms with van der Waals surface area (Å²) in [5.74, 6) is 0. The van der Waals surface area contributed by atoms with E-state index in [1.165, 1.54) is 0 Å². The van der Waals surface area contributed by atoms with E-state index >= 15 is 0 Å². The minimum Gasteiger partial charge on any atom is -0.444 e. The van der Waals surface area contributed by atoms with Crippen LogP contribution in [0, 0.1) is 0 Å². The summed E-state index contributed by atoms with van der Waals surface area (Å²) in [5, 5.41) is 23.8. The lowest BCUT2D eigenvalue weighted by Gasteiger charge is -2.21. The Labute approximate surface area is 141 Å². The van der Waals surface area contributed by atoms with Gasteiger partial charge in [-0.2, -0.15) is 0 Å². The number of benzene rings is 1. The summed E-state index contributed by atoms with van der Waals surface area (Å²) in [5.41, 5.74) is 0.798. The van der Waals surface area contributed by atoms with Crippen molar-refractivity contribution >= 4 is 17.0 Å². The minimum absolute atomic E-state index is 0.202. The first-order valence-corrected chi connectivity index (χ1v) is 7.94. The number of alkyl carbamates (subject to hydrolysis) is 1. The minimum atomic E-state index is -1.07. The number of carbonyl (C=O) groups is 1. The lowest BCUT2D eigenvalue weighted by Crippen LogP contribution is -2.34. The fourth-order valence-electron chi connectivity index (χ4n) is 2.27. The number of carbonyl (C=O) groups excluding carboxylic acids is 1. The van der Waals surface area contributed by atoms with E-state index in [9.17, 15) is 15.0 Å². The normalized spacial score (nSPS) is 14.2. The van der Waals surface area contributed by atoms with Gasteiger partial charge in [0, 0.05) is 23.7 Å². The third-order valence-electron chi connectivity index (χ3n) is 3.43. The second kappa shape index (κ2) is 7.59. The molecule has 0 aliphatic heterocycles. The molecule has 0 spiro atoms. The van der Waals surface area contributed by atoms with E-state index < -0.39 is 23.9 Å². The average molecular weight is 332 g/mol. The number of aromatic nitrogens is 1. The molecule has 1 aromatic carbocycles. The first kappa shape index (κ1) is 18.2. The molecule has 6 heteroatoms. The molecule has 0 fully saturated rings. The summed E-state index contributed by atoms with van der Waals surface area (Å²) in [7, 11) is 0. The molecule has 0 aliphatic carbocycles. The molecule has 1 heterocycles. The van der Waals surface area contributed by atoms with Gasteiger partial charge in [-0.05, 0) is 39.3 Å². The number of hydrogen-bond donors (Lipinski definition) is 3. The maximum atomic E-state index is 11.5. The number of pyridine rings is 1. The zero-order valence-corrected chi connectivity index (χ0v) is 14.2. The van der Waals surface area contributed by atoms with E-state index in [1.54, 1.807) is 33.0 Å². The van der Waals surface area contributed by atoms with Crippen LogP contribution in [0.2, 0.25) is 0 Å². The third-order valence-corrected chi connectivity index (χ3v) is 3.43. The molecule has 0 saturated heterocycles. The third kappa shape index (κ3) is 5.18. The van der Waals surface area contributed by atoms with Crippen LogP contribution in [0.1, 0.15) is 38.9 Å². The van der Waals surface area contributed by atoms with Gasteiger partial charge in [-0.15, -0.1) is 0 Å². The molecule has 6 nitrogen and oxygen atoms in total. The number of rotatable bonds is 5. The fraction of sp³-hybridized carbons (Fsp3) is 0.444. The van der Waals surface area contributed by atoms with Crippen molar-refractivity contribution in [1.82, 2.24) is 10.3 Å². The van der Waals surface area contributed by atoms with Crippen LogP contribution < -0.4 is 5.32 Å². The van der Waals surface area contributed by atoms with Crippen LogP contribution in [0.15, 0.2) is 36.5 Å². The molecule has 24 heavy (non-hydrogen) atoms. The highest BCUT2D eigenvalue weighted by Gasteiger charge is 2.20. The number of nitrogens with zero attached hydrogens (tertiary/aromatic N) is 1. The van der Waals surface area contributed by atoms with Crippen molar-refractivity contribution in [3.05, 3.63) is 42.1 Å². The maximum Gasteiger partial charge on any atom is 0.407 e. The Morgan fingerprint density at radius 2 is 2.00 bits per heavy atom. The lowest BCUT2D eigenvalue weighted by molar-refractivity contribution is 0.0122. The standard InChI is InChI=1S/C18H24N2O4/c1-18(2,3)24-17(23)19-9-8-15(21)16(22)13-10-12-6-4-5-7-14(12)20-11-13/h4-7,10-11,15-16,21-22H,8-9H2,1-3H3,(H,19,23). The number of aliphatic hydroxyl groups is 2. The van der Waals surface area contributed by atoms with Gasteiger partial charge < -0.3 is 20.3 Å². The van der Waals surface area contributed by atoms with Crippen molar-refractivity contribution < 1.29 is 19.7 Å². The number of ether oxygens (including phenoxy) is 1. The Morgan fingerprint density at radius 3 is 2.71 bits per heavy atom. The summed E-state index contributed by atoms with van der Waals surface area (Å²) in [6.45, 7) is 5.53. The van der Waals surface area contributed by atoms with Crippen LogP contribution in [0.4, 0.5) is 4.79 Å². The Kier molecular flexibility index (Phi) is 5.75. The monoisotopic (exact) mass is 332 g/mol. The fourth-order valence-corrected chi connectivity index (χ4v) is 2.27. The van der Waals surface area contributed by atoms with E-state index in [1.807, 2.05) is 24.3 Å². The van der Waals surface area contributed by atoms with Gasteiger partial charge in [0.1, 0.15) is 11.7 Å². The number of amides is 1. The Hall–Kier alpha value is -2.18. The second-order valence-corrected chi connectivity index (χ2v) is 6.69. The van der Waals surface area contributed by atoms with Crippen LogP contribution in [-0.4, -0.2) is 39.5 Å². The van der Waals surface area contributed by atoms with Crippen molar-refractivity contribution in [3.8, 4) is 0 Å². The number of hydrogen-bond acceptors (Lipinski definition) is 5. The first-order chi connectivity index (χ1) is 11.3. The average Bonchev–Trinajstić information content (AvgIpc) is 2.51. The van der Waals surface area contributed by atoms with Gasteiger partial charge in [0.2, 0.25) is 0 Å². The van der Waals surface area contributed by atoms with Crippen molar-refractivity contribution in [2.45, 2.75) is 45.0 Å². The van der Waals surface area contributed by atoms with Crippen LogP contribution >= 0.6 is 0 Å². The lowest BCUT2D eigenvalue weighted by atomic mass is 10.0. The Balaban J connectivity index is 1.89. The highest BCUT2D eigenvalue weighted by atomic mass is 16.6. The molecule has 130 valence electrons. The maximum absolute atomic E-state index is 11.5. The second-order valence-electron chi connectivity index (χ2n) is 6.69. The van der Waals surface area contributed by atoms with E-state index in [2.05, 4.69) is 10.3 Å². The SMILES string of the molecule is CC(C)(C)OC(=O)NCCC(O)C(O)c1cnc2ccccc2c1. The molecule has 0 radical (unpaired) electrons. The molecule has 0 aliphatic rings. The number of aliphatic hydroxyl groups excluding tert-OH is 2. The predicted molar refractivity (Wildman–Crippen MR) is 91.6 cm³/mol. The van der Waals surface area contributed by atoms with Crippen LogP contribution in [0.5, 0.6) is 0 Å². The molecule has 2 rings (SSSR count). The van der Waals surface area contributed by atoms with Gasteiger partial charge in [-0.1, -0.05) is 18.2 Å². The Morgan fingerprint density at radius 1 is 1.29 bits per heavy atom. The van der Waals surface area contributed by atoms with Gasteiger partial charge >= 0.3 is 6.09 Å². The van der Waals surface area contributed by atoms with Gasteiger partial charge in [-0.3, -0.25) is 4.98 Å². The van der Waals surface area contributed by atoms with Crippen molar-refractivity contribution in [3.63, 3.8) is 0 Å². The molecule has 2 aromatic rings. The van der Waals surface area contributed by atoms with Crippen LogP contribution in [0.3, 0.4) is 0 Å². The van der Waals surface area contributed by atoms with Crippen LogP contribution in [0.25, 0.3) is 10.9 Å². The molecule has 1 amide bonds.